The summed E-state index contributed by atoms with van der Waals surface area (Å²) >= 11 is 0. The normalized spacial score (nSPS) is 52.3. The summed E-state index contributed by atoms with van der Waals surface area (Å²) in [4.78, 5) is 0. The fourth-order valence-corrected chi connectivity index (χ4v) is 7.61. The second-order valence-electron chi connectivity index (χ2n) is 10.4. The quantitative estimate of drug-likeness (QED) is 0.591. The van der Waals surface area contributed by atoms with Crippen molar-refractivity contribution in [2.45, 2.75) is 114 Å². The van der Waals surface area contributed by atoms with Crippen LogP contribution >= 0.6 is 0 Å². The fraction of sp³-hybridized carbons (Fsp3) is 1.00. The molecule has 2 atom stereocenters. The van der Waals surface area contributed by atoms with Gasteiger partial charge < -0.3 is 4.74 Å². The van der Waals surface area contributed by atoms with Crippen LogP contribution in [0.5, 0.6) is 0 Å². The molecule has 6 fully saturated rings. The van der Waals surface area contributed by atoms with Gasteiger partial charge >= 0.3 is 0 Å². The van der Waals surface area contributed by atoms with Gasteiger partial charge in [-0.2, -0.15) is 0 Å². The molecular formula is C23H38FNO. The second kappa shape index (κ2) is 7.03. The van der Waals surface area contributed by atoms with Crippen LogP contribution in [0, 0.1) is 23.7 Å². The zero-order chi connectivity index (χ0) is 17.6. The number of rotatable bonds is 0. The van der Waals surface area contributed by atoms with Crippen LogP contribution in [-0.4, -0.2) is 24.0 Å². The molecule has 2 spiro atoms. The Hall–Kier alpha value is -0.150. The van der Waals surface area contributed by atoms with Crippen molar-refractivity contribution in [3.63, 3.8) is 0 Å². The van der Waals surface area contributed by atoms with Crippen LogP contribution in [0.25, 0.3) is 0 Å². The van der Waals surface area contributed by atoms with Crippen molar-refractivity contribution < 1.29 is 9.13 Å². The molecule has 6 rings (SSSR count). The average molecular weight is 364 g/mol. The lowest BCUT2D eigenvalue weighted by atomic mass is 9.50. The van der Waals surface area contributed by atoms with Gasteiger partial charge in [-0.05, 0) is 75.0 Å². The van der Waals surface area contributed by atoms with Crippen LogP contribution < -0.4 is 5.32 Å². The van der Waals surface area contributed by atoms with Gasteiger partial charge in [-0.15, -0.1) is 0 Å². The van der Waals surface area contributed by atoms with Crippen molar-refractivity contribution in [2.75, 3.05) is 6.54 Å². The first-order valence-corrected chi connectivity index (χ1v) is 11.8. The summed E-state index contributed by atoms with van der Waals surface area (Å²) in [5, 5.41) is 3.70. The molecule has 0 aromatic rings. The Kier molecular flexibility index (Phi) is 4.84. The van der Waals surface area contributed by atoms with Gasteiger partial charge in [-0.1, -0.05) is 44.9 Å². The molecule has 0 radical (unpaired) electrons. The van der Waals surface area contributed by atoms with Crippen molar-refractivity contribution in [3.8, 4) is 0 Å². The zero-order valence-corrected chi connectivity index (χ0v) is 16.5. The first-order chi connectivity index (χ1) is 12.7. The minimum absolute atomic E-state index is 0.0329. The Morgan fingerprint density at radius 3 is 1.96 bits per heavy atom. The van der Waals surface area contributed by atoms with E-state index in [4.69, 9.17) is 4.74 Å². The molecular weight excluding hydrogens is 325 g/mol. The number of hydrogen-bond donors (Lipinski definition) is 1. The third-order valence-corrected chi connectivity index (χ3v) is 8.82. The highest BCUT2D eigenvalue weighted by molar-refractivity contribution is 5.14. The van der Waals surface area contributed by atoms with Gasteiger partial charge in [0.2, 0.25) is 0 Å². The molecule has 0 aromatic heterocycles. The predicted octanol–water partition coefficient (Wildman–Crippen LogP) is 5.75. The summed E-state index contributed by atoms with van der Waals surface area (Å²) in [7, 11) is 0. The third-order valence-electron chi connectivity index (χ3n) is 8.82. The molecule has 1 N–H and O–H groups in total. The Labute approximate surface area is 159 Å². The molecule has 4 bridgehead atoms. The smallest absolute Gasteiger partial charge is 0.151 e. The average Bonchev–Trinajstić information content (AvgIpc) is 3.02. The van der Waals surface area contributed by atoms with Crippen molar-refractivity contribution in [3.05, 3.63) is 0 Å². The fourth-order valence-electron chi connectivity index (χ4n) is 7.61. The molecule has 6 aliphatic rings. The highest BCUT2D eigenvalue weighted by Crippen LogP contribution is 2.62. The topological polar surface area (TPSA) is 21.3 Å². The SMILES string of the molecule is F[C@@H]1CCCCCCCCCC[C@]12NCC1(O2)C2CC3CC(C2)CC1C3. The molecule has 1 aliphatic heterocycles. The standard InChI is InChI=1S/C23H38FNO/c24-21-9-7-5-3-1-2-4-6-8-10-23(21)25-16-22(26-23)19-12-17-11-18(14-19)15-20(22)13-17/h17-21,25H,1-16H2/t17?,18?,19?,20?,21-,22?,23-/m1/s1. The predicted molar refractivity (Wildman–Crippen MR) is 103 cm³/mol. The van der Waals surface area contributed by atoms with Gasteiger partial charge in [-0.25, -0.2) is 4.39 Å². The van der Waals surface area contributed by atoms with E-state index in [0.717, 1.165) is 37.6 Å². The van der Waals surface area contributed by atoms with E-state index in [1.807, 2.05) is 0 Å². The van der Waals surface area contributed by atoms with Crippen LogP contribution in [0.4, 0.5) is 4.39 Å². The van der Waals surface area contributed by atoms with Gasteiger partial charge in [-0.3, -0.25) is 5.32 Å². The summed E-state index contributed by atoms with van der Waals surface area (Å²) in [6.45, 7) is 0.919. The van der Waals surface area contributed by atoms with Gasteiger partial charge in [0, 0.05) is 6.54 Å². The van der Waals surface area contributed by atoms with E-state index in [1.165, 1.54) is 70.6 Å². The molecule has 0 unspecified atom stereocenters. The number of hydrogen-bond acceptors (Lipinski definition) is 2. The van der Waals surface area contributed by atoms with Crippen LogP contribution in [-0.2, 0) is 4.74 Å². The van der Waals surface area contributed by atoms with Crippen LogP contribution in [0.2, 0.25) is 0 Å². The third kappa shape index (κ3) is 2.96. The second-order valence-corrected chi connectivity index (χ2v) is 10.4. The van der Waals surface area contributed by atoms with Gasteiger partial charge in [0.1, 0.15) is 6.17 Å². The number of nitrogens with one attached hydrogen (secondary N) is 1. The van der Waals surface area contributed by atoms with Crippen molar-refractivity contribution in [1.29, 1.82) is 0 Å². The molecule has 1 saturated heterocycles. The molecule has 26 heavy (non-hydrogen) atoms. The molecule has 1 heterocycles. The summed E-state index contributed by atoms with van der Waals surface area (Å²) in [6, 6.07) is 0. The highest BCUT2D eigenvalue weighted by Gasteiger charge is 2.64. The lowest BCUT2D eigenvalue weighted by Crippen LogP contribution is -2.60. The maximum absolute atomic E-state index is 15.5. The van der Waals surface area contributed by atoms with E-state index in [1.54, 1.807) is 0 Å². The maximum Gasteiger partial charge on any atom is 0.151 e. The van der Waals surface area contributed by atoms with Crippen molar-refractivity contribution in [1.82, 2.24) is 5.32 Å². The first-order valence-electron chi connectivity index (χ1n) is 11.8. The molecule has 5 saturated carbocycles. The van der Waals surface area contributed by atoms with E-state index in [2.05, 4.69) is 5.32 Å². The molecule has 5 aliphatic carbocycles. The first kappa shape index (κ1) is 17.9. The molecule has 0 aromatic carbocycles. The summed E-state index contributed by atoms with van der Waals surface area (Å²) in [5.41, 5.74) is -0.705. The Morgan fingerprint density at radius 2 is 1.31 bits per heavy atom. The van der Waals surface area contributed by atoms with E-state index in [9.17, 15) is 0 Å². The number of alkyl halides is 1. The summed E-state index contributed by atoms with van der Waals surface area (Å²) in [5.74, 6) is 3.28. The van der Waals surface area contributed by atoms with Crippen LogP contribution in [0.1, 0.15) is 96.3 Å². The summed E-state index contributed by atoms with van der Waals surface area (Å²) < 4.78 is 22.5. The molecule has 148 valence electrons. The van der Waals surface area contributed by atoms with E-state index in [-0.39, 0.29) is 5.60 Å². The minimum Gasteiger partial charge on any atom is -0.349 e. The van der Waals surface area contributed by atoms with E-state index < -0.39 is 11.9 Å². The maximum atomic E-state index is 15.5. The Bertz CT molecular complexity index is 480. The molecule has 2 nitrogen and oxygen atoms in total. The van der Waals surface area contributed by atoms with Crippen LogP contribution in [0.3, 0.4) is 0 Å². The minimum atomic E-state index is -0.835. The van der Waals surface area contributed by atoms with Gasteiger partial charge in [0.25, 0.3) is 0 Å². The zero-order valence-electron chi connectivity index (χ0n) is 16.5. The monoisotopic (exact) mass is 363 g/mol. The Balaban J connectivity index is 1.35. The van der Waals surface area contributed by atoms with E-state index in [0.29, 0.717) is 18.3 Å². The number of ether oxygens (including phenoxy) is 1. The summed E-state index contributed by atoms with van der Waals surface area (Å²) in [6.07, 6.45) is 17.5. The van der Waals surface area contributed by atoms with Crippen molar-refractivity contribution in [2.24, 2.45) is 23.7 Å². The Morgan fingerprint density at radius 1 is 0.731 bits per heavy atom. The molecule has 3 heteroatoms. The van der Waals surface area contributed by atoms with Crippen molar-refractivity contribution >= 4 is 0 Å². The highest BCUT2D eigenvalue weighted by atomic mass is 19.1. The van der Waals surface area contributed by atoms with Gasteiger partial charge in [0.05, 0.1) is 5.60 Å². The lowest BCUT2D eigenvalue weighted by Gasteiger charge is -2.59. The molecule has 0 amide bonds. The lowest BCUT2D eigenvalue weighted by molar-refractivity contribution is -0.234. The number of halogens is 1. The van der Waals surface area contributed by atoms with E-state index >= 15 is 4.39 Å². The van der Waals surface area contributed by atoms with Gasteiger partial charge in [0.15, 0.2) is 5.72 Å². The largest absolute Gasteiger partial charge is 0.349 e. The van der Waals surface area contributed by atoms with Crippen LogP contribution in [0.15, 0.2) is 0 Å².